The lowest BCUT2D eigenvalue weighted by molar-refractivity contribution is -0.132. The van der Waals surface area contributed by atoms with E-state index in [1.807, 2.05) is 13.8 Å². The topological polar surface area (TPSA) is 93.9 Å². The molecule has 1 atom stereocenters. The Kier molecular flexibility index (Phi) is 8.05. The maximum absolute atomic E-state index is 12.0. The first-order valence-corrected chi connectivity index (χ1v) is 7.89. The summed E-state index contributed by atoms with van der Waals surface area (Å²) in [6.07, 6.45) is 0. The monoisotopic (exact) mass is 337 g/mol. The second-order valence-corrected chi connectivity index (χ2v) is 5.83. The van der Waals surface area contributed by atoms with Crippen LogP contribution >= 0.6 is 0 Å². The van der Waals surface area contributed by atoms with Crippen LogP contribution in [0.3, 0.4) is 0 Å². The van der Waals surface area contributed by atoms with Gasteiger partial charge in [0.1, 0.15) is 18.1 Å². The molecule has 0 aliphatic carbocycles. The fourth-order valence-electron chi connectivity index (χ4n) is 1.82. The molecule has 0 saturated carbocycles. The lowest BCUT2D eigenvalue weighted by Crippen LogP contribution is -2.47. The zero-order valence-corrected chi connectivity index (χ0v) is 14.7. The van der Waals surface area contributed by atoms with Crippen LogP contribution in [0, 0.1) is 5.92 Å². The summed E-state index contributed by atoms with van der Waals surface area (Å²) in [7, 11) is 3.26. The van der Waals surface area contributed by atoms with Crippen LogP contribution in [-0.4, -0.2) is 56.6 Å². The minimum atomic E-state index is -0.610. The molecule has 1 rings (SSSR count). The zero-order chi connectivity index (χ0) is 18.1. The predicted octanol–water partition coefficient (Wildman–Crippen LogP) is 0.632. The van der Waals surface area contributed by atoms with Crippen LogP contribution in [0.2, 0.25) is 0 Å². The van der Waals surface area contributed by atoms with Crippen molar-refractivity contribution >= 4 is 11.8 Å². The van der Waals surface area contributed by atoms with Crippen molar-refractivity contribution in [3.8, 4) is 11.5 Å². The van der Waals surface area contributed by atoms with Gasteiger partial charge in [-0.05, 0) is 30.2 Å². The maximum Gasteiger partial charge on any atom is 0.241 e. The number of carbonyl (C=O) groups is 2. The molecule has 0 aliphatic heterocycles. The molecule has 0 aliphatic rings. The molecule has 0 fully saturated rings. The average Bonchev–Trinajstić information content (AvgIpc) is 2.58. The number of nitrogens with one attached hydrogen (secondary N) is 1. The van der Waals surface area contributed by atoms with Crippen molar-refractivity contribution in [1.82, 2.24) is 10.2 Å². The summed E-state index contributed by atoms with van der Waals surface area (Å²) in [5.41, 5.74) is 5.72. The van der Waals surface area contributed by atoms with Crippen LogP contribution in [-0.2, 0) is 9.59 Å². The van der Waals surface area contributed by atoms with Gasteiger partial charge in [0, 0.05) is 7.05 Å². The Balaban J connectivity index is 2.29. The number of hydrogen-bond donors (Lipinski definition) is 2. The van der Waals surface area contributed by atoms with Crippen molar-refractivity contribution in [3.63, 3.8) is 0 Å². The second-order valence-electron chi connectivity index (χ2n) is 5.83. The fourth-order valence-corrected chi connectivity index (χ4v) is 1.82. The van der Waals surface area contributed by atoms with E-state index >= 15 is 0 Å². The third-order valence-electron chi connectivity index (χ3n) is 3.62. The van der Waals surface area contributed by atoms with Crippen molar-refractivity contribution in [2.75, 3.05) is 33.9 Å². The highest BCUT2D eigenvalue weighted by atomic mass is 16.5. The highest BCUT2D eigenvalue weighted by molar-refractivity contribution is 5.87. The molecule has 0 heterocycles. The van der Waals surface area contributed by atoms with Crippen LogP contribution in [0.25, 0.3) is 0 Å². The van der Waals surface area contributed by atoms with Gasteiger partial charge in [-0.3, -0.25) is 9.59 Å². The van der Waals surface area contributed by atoms with Crippen molar-refractivity contribution in [1.29, 1.82) is 0 Å². The van der Waals surface area contributed by atoms with Gasteiger partial charge in [-0.2, -0.15) is 0 Å². The summed E-state index contributed by atoms with van der Waals surface area (Å²) in [4.78, 5) is 25.2. The largest absolute Gasteiger partial charge is 0.497 e. The molecule has 0 saturated heterocycles. The van der Waals surface area contributed by atoms with E-state index < -0.39 is 6.04 Å². The SMILES string of the molecule is COc1ccc(OCCN(C)C(=O)CNC(=O)[C@@H](N)C(C)C)cc1. The first-order chi connectivity index (χ1) is 11.3. The summed E-state index contributed by atoms with van der Waals surface area (Å²) in [5, 5.41) is 2.56. The molecule has 0 radical (unpaired) electrons. The van der Waals surface area contributed by atoms with Crippen molar-refractivity contribution < 1.29 is 19.1 Å². The van der Waals surface area contributed by atoms with Crippen LogP contribution in [0.1, 0.15) is 13.8 Å². The minimum Gasteiger partial charge on any atom is -0.497 e. The smallest absolute Gasteiger partial charge is 0.241 e. The Bertz CT molecular complexity index is 531. The standard InChI is InChI=1S/C17H27N3O4/c1-12(2)16(18)17(22)19-11-15(21)20(3)9-10-24-14-7-5-13(23-4)6-8-14/h5-8,12,16H,9-11,18H2,1-4H3,(H,19,22)/t16-/m0/s1. The Hall–Kier alpha value is -2.28. The molecule has 0 spiro atoms. The van der Waals surface area contributed by atoms with Gasteiger partial charge in [-0.1, -0.05) is 13.8 Å². The molecule has 24 heavy (non-hydrogen) atoms. The number of amides is 2. The normalized spacial score (nSPS) is 11.8. The van der Waals surface area contributed by atoms with Crippen LogP contribution in [0.4, 0.5) is 0 Å². The number of methoxy groups -OCH3 is 1. The molecule has 0 bridgehead atoms. The quantitative estimate of drug-likeness (QED) is 0.689. The Morgan fingerprint density at radius 2 is 1.79 bits per heavy atom. The number of carbonyl (C=O) groups excluding carboxylic acids is 2. The molecule has 2 amide bonds. The van der Waals surface area contributed by atoms with Crippen LogP contribution < -0.4 is 20.5 Å². The summed E-state index contributed by atoms with van der Waals surface area (Å²) in [6, 6.07) is 6.60. The molecule has 134 valence electrons. The van der Waals surface area contributed by atoms with Crippen molar-refractivity contribution in [2.45, 2.75) is 19.9 Å². The Labute approximate surface area is 143 Å². The number of rotatable bonds is 9. The highest BCUT2D eigenvalue weighted by Gasteiger charge is 2.18. The van der Waals surface area contributed by atoms with E-state index in [-0.39, 0.29) is 24.3 Å². The number of hydrogen-bond acceptors (Lipinski definition) is 5. The van der Waals surface area contributed by atoms with Crippen molar-refractivity contribution in [3.05, 3.63) is 24.3 Å². The van der Waals surface area contributed by atoms with Crippen LogP contribution in [0.15, 0.2) is 24.3 Å². The zero-order valence-electron chi connectivity index (χ0n) is 14.7. The third kappa shape index (κ3) is 6.45. The van der Waals surface area contributed by atoms with Gasteiger partial charge in [0.15, 0.2) is 0 Å². The van der Waals surface area contributed by atoms with Gasteiger partial charge in [-0.15, -0.1) is 0 Å². The first-order valence-electron chi connectivity index (χ1n) is 7.89. The summed E-state index contributed by atoms with van der Waals surface area (Å²) >= 11 is 0. The number of benzene rings is 1. The molecule has 1 aromatic rings. The fraction of sp³-hybridized carbons (Fsp3) is 0.529. The summed E-state index contributed by atoms with van der Waals surface area (Å²) in [5.74, 6) is 0.965. The number of nitrogens with two attached hydrogens (primary N) is 1. The highest BCUT2D eigenvalue weighted by Crippen LogP contribution is 2.16. The Morgan fingerprint density at radius 1 is 1.21 bits per heavy atom. The molecule has 0 unspecified atom stereocenters. The molecule has 7 heteroatoms. The minimum absolute atomic E-state index is 0.0238. The summed E-state index contributed by atoms with van der Waals surface area (Å²) in [6.45, 7) is 4.41. The van der Waals surface area contributed by atoms with E-state index in [0.717, 1.165) is 5.75 Å². The lowest BCUT2D eigenvalue weighted by Gasteiger charge is -2.19. The molecule has 0 aromatic heterocycles. The molecular weight excluding hydrogens is 310 g/mol. The van der Waals surface area contributed by atoms with Gasteiger partial charge < -0.3 is 25.4 Å². The van der Waals surface area contributed by atoms with E-state index in [1.54, 1.807) is 38.4 Å². The predicted molar refractivity (Wildman–Crippen MR) is 91.9 cm³/mol. The van der Waals surface area contributed by atoms with Gasteiger partial charge >= 0.3 is 0 Å². The van der Waals surface area contributed by atoms with Gasteiger partial charge in [0.05, 0.1) is 26.2 Å². The third-order valence-corrected chi connectivity index (χ3v) is 3.62. The number of likely N-dealkylation sites (N-methyl/N-ethyl adjacent to an activating group) is 1. The number of ether oxygens (including phenoxy) is 2. The molecular formula is C17H27N3O4. The van der Waals surface area contributed by atoms with Gasteiger partial charge in [0.2, 0.25) is 11.8 Å². The first kappa shape index (κ1) is 19.8. The van der Waals surface area contributed by atoms with E-state index in [4.69, 9.17) is 15.2 Å². The lowest BCUT2D eigenvalue weighted by atomic mass is 10.1. The van der Waals surface area contributed by atoms with E-state index in [9.17, 15) is 9.59 Å². The molecule has 7 nitrogen and oxygen atoms in total. The van der Waals surface area contributed by atoms with Gasteiger partial charge in [0.25, 0.3) is 0 Å². The maximum atomic E-state index is 12.0. The molecule has 1 aromatic carbocycles. The van der Waals surface area contributed by atoms with E-state index in [1.165, 1.54) is 4.90 Å². The van der Waals surface area contributed by atoms with Crippen LogP contribution in [0.5, 0.6) is 11.5 Å². The number of nitrogens with zero attached hydrogens (tertiary/aromatic N) is 1. The van der Waals surface area contributed by atoms with E-state index in [2.05, 4.69) is 5.32 Å². The summed E-state index contributed by atoms with van der Waals surface area (Å²) < 4.78 is 10.6. The Morgan fingerprint density at radius 3 is 2.33 bits per heavy atom. The van der Waals surface area contributed by atoms with Crippen molar-refractivity contribution in [2.24, 2.45) is 11.7 Å². The molecule has 3 N–H and O–H groups in total. The average molecular weight is 337 g/mol. The second kappa shape index (κ2) is 9.77. The van der Waals surface area contributed by atoms with Gasteiger partial charge in [-0.25, -0.2) is 0 Å². The van der Waals surface area contributed by atoms with E-state index in [0.29, 0.717) is 18.9 Å².